The summed E-state index contributed by atoms with van der Waals surface area (Å²) >= 11 is 0.829. The average Bonchev–Trinajstić information content (AvgIpc) is 3.66. The van der Waals surface area contributed by atoms with Crippen LogP contribution < -0.4 is 216 Å². The van der Waals surface area contributed by atoms with Crippen molar-refractivity contribution >= 4 is 113 Å². The molecule has 0 saturated carbocycles. The van der Waals surface area contributed by atoms with Crippen molar-refractivity contribution in [3.63, 3.8) is 0 Å². The quantitative estimate of drug-likeness (QED) is 0.0313. The summed E-state index contributed by atoms with van der Waals surface area (Å²) in [4.78, 5) is 13.4. The van der Waals surface area contributed by atoms with Crippen LogP contribution in [0.1, 0.15) is 16.7 Å². The summed E-state index contributed by atoms with van der Waals surface area (Å²) in [5.74, 6) is -0.179. The Labute approximate surface area is 590 Å². The van der Waals surface area contributed by atoms with Crippen molar-refractivity contribution in [2.75, 3.05) is 10.6 Å². The molecule has 0 saturated heterocycles. The minimum absolute atomic E-state index is 0. The number of nitriles is 2. The second kappa shape index (κ2) is 26.7. The molecule has 8 aromatic rings. The molecule has 0 radical (unpaired) electrons. The predicted octanol–water partition coefficient (Wildman–Crippen LogP) is -2.08. The van der Waals surface area contributed by atoms with Gasteiger partial charge in [0.25, 0.3) is 0 Å². The van der Waals surface area contributed by atoms with E-state index in [-0.39, 0.29) is 283 Å². The minimum atomic E-state index is -5.22. The Hall–Kier alpha value is -1.85. The largest absolute Gasteiger partial charge is 1.00 e. The number of benzene rings is 6. The van der Waals surface area contributed by atoms with Crippen LogP contribution in [0.3, 0.4) is 0 Å². The van der Waals surface area contributed by atoms with Gasteiger partial charge in [0.05, 0.1) is 15.4 Å². The second-order valence-electron chi connectivity index (χ2n) is 14.5. The zero-order chi connectivity index (χ0) is 49.4. The van der Waals surface area contributed by atoms with Crippen molar-refractivity contribution in [1.82, 2.24) is 4.98 Å². The van der Waals surface area contributed by atoms with E-state index in [1.807, 2.05) is 30.3 Å². The fourth-order valence-corrected chi connectivity index (χ4v) is 9.43. The number of hydrogen-bond donors (Lipinski definition) is 2. The Bertz CT molecular complexity index is 3970. The van der Waals surface area contributed by atoms with Gasteiger partial charge in [0, 0.05) is 38.0 Å². The number of aromatic nitrogens is 1. The van der Waals surface area contributed by atoms with Gasteiger partial charge < -0.3 is 24.3 Å². The molecule has 344 valence electrons. The molecular weight excluding hydrogens is 1130 g/mol. The maximum Gasteiger partial charge on any atom is 1.00 e. The van der Waals surface area contributed by atoms with Crippen LogP contribution in [0.4, 0.5) is 50.1 Å². The first kappa shape index (κ1) is 63.7. The molecule has 8 rings (SSSR count). The first-order chi connectivity index (χ1) is 32.7. The summed E-state index contributed by atoms with van der Waals surface area (Å²) in [6, 6.07) is 32.9. The summed E-state index contributed by atoms with van der Waals surface area (Å²) in [6.45, 7) is 1.50. The molecule has 2 N–H and O–H groups in total. The van der Waals surface area contributed by atoms with Crippen LogP contribution >= 0.6 is 11.3 Å². The number of non-ortho nitro benzene ring substituents is 1. The molecule has 0 aliphatic rings. The molecule has 0 spiro atoms. The first-order valence-electron chi connectivity index (χ1n) is 19.3. The zero-order valence-corrected chi connectivity index (χ0v) is 54.4. The fraction of sp³-hybridized carbons (Fsp3) is 0.0227. The Kier molecular flexibility index (Phi) is 23.3. The minimum Gasteiger partial charge on any atom is -0.745 e. The number of pyridine rings is 1. The Morgan fingerprint density at radius 1 is 0.658 bits per heavy atom. The van der Waals surface area contributed by atoms with Crippen molar-refractivity contribution in [2.24, 2.45) is 20.5 Å². The Morgan fingerprint density at radius 2 is 1.22 bits per heavy atom. The monoisotopic (exact) mass is 1150 g/mol. The normalized spacial score (nSPS) is 11.4. The van der Waals surface area contributed by atoms with Gasteiger partial charge in [0.15, 0.2) is 22.3 Å². The van der Waals surface area contributed by atoms with Gasteiger partial charge in [0.2, 0.25) is 0 Å². The number of nitrogens with one attached hydrogen (secondary N) is 2. The van der Waals surface area contributed by atoms with E-state index >= 15 is 0 Å². The molecule has 21 nitrogen and oxygen atoms in total. The van der Waals surface area contributed by atoms with Gasteiger partial charge in [-0.2, -0.15) is 15.6 Å². The summed E-state index contributed by atoms with van der Waals surface area (Å²) in [5.41, 5.74) is 0.396. The van der Waals surface area contributed by atoms with Crippen molar-refractivity contribution in [1.29, 1.82) is 10.5 Å². The molecule has 2 heterocycles. The molecule has 0 unspecified atom stereocenters. The maximum atomic E-state index is 12.4. The predicted molar refractivity (Wildman–Crippen MR) is 247 cm³/mol. The first-order valence-corrected chi connectivity index (χ1v) is 24.4. The third-order valence-electron chi connectivity index (χ3n) is 10.1. The van der Waals surface area contributed by atoms with Crippen LogP contribution in [-0.4, -0.2) is 48.8 Å². The number of fused-ring (bicyclic) bond motifs is 2. The third-order valence-corrected chi connectivity index (χ3v) is 13.7. The Morgan fingerprint density at radius 3 is 1.77 bits per heavy atom. The van der Waals surface area contributed by atoms with Crippen LogP contribution in [0.5, 0.6) is 0 Å². The van der Waals surface area contributed by atoms with Gasteiger partial charge in [-0.3, -0.25) is 10.1 Å². The van der Waals surface area contributed by atoms with Gasteiger partial charge in [-0.15, -0.1) is 32.9 Å². The molecule has 2 aromatic heterocycles. The van der Waals surface area contributed by atoms with Crippen LogP contribution in [0.2, 0.25) is 0 Å². The van der Waals surface area contributed by atoms with Gasteiger partial charge in [-0.25, -0.2) is 30.2 Å². The van der Waals surface area contributed by atoms with Crippen LogP contribution in [0.25, 0.3) is 32.7 Å². The molecule has 0 aliphatic carbocycles. The van der Waals surface area contributed by atoms with E-state index in [1.165, 1.54) is 37.3 Å². The van der Waals surface area contributed by atoms with E-state index in [2.05, 4.69) is 48.2 Å². The number of nitro benzene ring substituents is 1. The number of nitrogens with zero attached hydrogens (tertiary/aromatic N) is 8. The molecule has 0 fully saturated rings. The number of thiophene rings is 1. The van der Waals surface area contributed by atoms with Gasteiger partial charge in [0.1, 0.15) is 58.7 Å². The third kappa shape index (κ3) is 15.0. The van der Waals surface area contributed by atoms with E-state index in [9.17, 15) is 59.5 Å². The second-order valence-corrected chi connectivity index (χ2v) is 19.6. The molecule has 0 atom stereocenters. The van der Waals surface area contributed by atoms with Crippen molar-refractivity contribution in [3.8, 4) is 23.3 Å². The number of anilines is 4. The maximum absolute atomic E-state index is 12.4. The number of rotatable bonds is 13. The van der Waals surface area contributed by atoms with Crippen molar-refractivity contribution in [3.05, 3.63) is 148 Å². The number of azo groups is 2. The average molecular weight is 1150 g/mol. The molecule has 6 aromatic carbocycles. The molecule has 29 heteroatoms. The zero-order valence-electron chi connectivity index (χ0n) is 38.7. The van der Waals surface area contributed by atoms with Crippen LogP contribution in [-0.2, 0) is 30.4 Å². The standard InChI is InChI=1S/C44H27N10O11S4.4K/c1-24-36(22-45)41(47-29-9-14-33(15-10-29)67(57,58)59)49-42(48-30-11-16-34(17-12-30)68(60,61)62)40(24)51-52-43-37(23-46)39(28-7-6-25-4-2-3-5-26(25)18-28)44(66-43)53-50-31-19-27-8-13-32(54(55)56)21-35(27)38(20-31)69(63,64)65;;;;/h2-7,9-21H,1H3,(H2,47,48,49)(H,57,58,59)(H,60,61,62)(H,63,64,65);;;;/q-1;4*+1/p-3. The Balaban J connectivity index is 0.00000289. The number of hydrogen-bond acceptors (Lipinski definition) is 21. The molecule has 0 amide bonds. The molecule has 73 heavy (non-hydrogen) atoms. The summed E-state index contributed by atoms with van der Waals surface area (Å²) in [5, 5.41) is 57.3. The number of nitro groups is 1. The smallest absolute Gasteiger partial charge is 0.745 e. The van der Waals surface area contributed by atoms with E-state index in [0.717, 1.165) is 64.6 Å². The fourth-order valence-electron chi connectivity index (χ4n) is 6.87. The molecule has 0 aliphatic heterocycles. The summed E-state index contributed by atoms with van der Waals surface area (Å²) in [7, 11) is -14.8. The topological polar surface area (TPSA) is 349 Å². The van der Waals surface area contributed by atoms with E-state index in [4.69, 9.17) is 0 Å². The van der Waals surface area contributed by atoms with Gasteiger partial charge in [-0.1, -0.05) is 65.3 Å². The summed E-state index contributed by atoms with van der Waals surface area (Å²) in [6.07, 6.45) is 0. The van der Waals surface area contributed by atoms with Gasteiger partial charge >= 0.3 is 206 Å². The molecular formula is C44H24K4N10O11S4. The van der Waals surface area contributed by atoms with Crippen molar-refractivity contribution < 1.29 is 249 Å². The van der Waals surface area contributed by atoms with Crippen LogP contribution in [0.15, 0.2) is 150 Å². The van der Waals surface area contributed by atoms with E-state index < -0.39 is 55.7 Å². The SMILES string of the molecule is Cc1c(C#N)c(Nc2ccc(S(=O)(=O)[O-])cc2)nc(Nc2ccc(S(=O)(=O)[O-])cc2)c1N=Nc1sc(N=Nc2cc(S(=O)(=O)[O-])c3cc([N+](=O)[O-])c[c-]c3c2)c(-c2ccc3ccccc3c2)c1C#N.[K+].[K+].[K+].[K+]. The van der Waals surface area contributed by atoms with E-state index in [0.29, 0.717) is 5.56 Å². The van der Waals surface area contributed by atoms with E-state index in [1.54, 1.807) is 18.2 Å². The van der Waals surface area contributed by atoms with Crippen molar-refractivity contribution in [2.45, 2.75) is 21.6 Å². The summed E-state index contributed by atoms with van der Waals surface area (Å²) < 4.78 is 107. The molecule has 0 bridgehead atoms. The van der Waals surface area contributed by atoms with Crippen LogP contribution in [0, 0.1) is 45.8 Å². The van der Waals surface area contributed by atoms with Gasteiger partial charge in [-0.05, 0) is 83.9 Å².